The average molecular weight is 260 g/mol. The molecule has 2 N–H and O–H groups in total. The number of benzene rings is 1. The van der Waals surface area contributed by atoms with E-state index in [9.17, 15) is 10.2 Å². The van der Waals surface area contributed by atoms with Crippen LogP contribution in [0.4, 0.5) is 0 Å². The summed E-state index contributed by atoms with van der Waals surface area (Å²) in [5.41, 5.74) is 1.66. The first-order valence-corrected chi connectivity index (χ1v) is 7.27. The monoisotopic (exact) mass is 260 g/mol. The van der Waals surface area contributed by atoms with Crippen LogP contribution in [0.3, 0.4) is 0 Å². The molecule has 0 spiro atoms. The minimum atomic E-state index is -0.563. The van der Waals surface area contributed by atoms with Crippen LogP contribution in [0.5, 0.6) is 0 Å². The molecule has 2 atom stereocenters. The van der Waals surface area contributed by atoms with Gasteiger partial charge in [-0.2, -0.15) is 0 Å². The maximum Gasteiger partial charge on any atom is 0.0828 e. The summed E-state index contributed by atoms with van der Waals surface area (Å²) in [7, 11) is 0. The zero-order valence-corrected chi connectivity index (χ0v) is 11.5. The van der Waals surface area contributed by atoms with Crippen molar-refractivity contribution in [3.63, 3.8) is 0 Å². The van der Waals surface area contributed by atoms with Gasteiger partial charge >= 0.3 is 0 Å². The molecule has 0 unspecified atom stereocenters. The number of rotatable bonds is 5. The Morgan fingerprint density at radius 3 is 2.37 bits per heavy atom. The van der Waals surface area contributed by atoms with E-state index >= 15 is 0 Å². The summed E-state index contributed by atoms with van der Waals surface area (Å²) in [6.07, 6.45) is 5.28. The van der Waals surface area contributed by atoms with E-state index in [1.165, 1.54) is 19.3 Å². The van der Waals surface area contributed by atoms with Crippen LogP contribution in [0.1, 0.15) is 50.2 Å². The lowest BCUT2D eigenvalue weighted by atomic mass is 9.81. The normalized spacial score (nSPS) is 19.9. The summed E-state index contributed by atoms with van der Waals surface area (Å²) in [5.74, 6) is 0.337. The third-order valence-electron chi connectivity index (χ3n) is 4.15. The molecule has 0 aliphatic heterocycles. The van der Waals surface area contributed by atoms with Crippen LogP contribution in [0.15, 0.2) is 42.5 Å². The van der Waals surface area contributed by atoms with Gasteiger partial charge in [0.2, 0.25) is 0 Å². The van der Waals surface area contributed by atoms with Gasteiger partial charge in [0.25, 0.3) is 0 Å². The van der Waals surface area contributed by atoms with Crippen LogP contribution in [-0.4, -0.2) is 16.3 Å². The Kier molecular flexibility index (Phi) is 5.17. The molecular formula is C17H24O2. The van der Waals surface area contributed by atoms with Crippen LogP contribution in [-0.2, 0) is 0 Å². The summed E-state index contributed by atoms with van der Waals surface area (Å²) < 4.78 is 0. The predicted molar refractivity (Wildman–Crippen MR) is 77.7 cm³/mol. The Morgan fingerprint density at radius 2 is 1.74 bits per heavy atom. The van der Waals surface area contributed by atoms with Gasteiger partial charge in [-0.1, -0.05) is 56.2 Å². The fraction of sp³-hybridized carbons (Fsp3) is 0.529. The first kappa shape index (κ1) is 14.3. The van der Waals surface area contributed by atoms with E-state index in [4.69, 9.17) is 0 Å². The highest BCUT2D eigenvalue weighted by Gasteiger charge is 2.25. The number of hydrogen-bond donors (Lipinski definition) is 2. The van der Waals surface area contributed by atoms with Crippen molar-refractivity contribution in [3.8, 4) is 0 Å². The second-order valence-corrected chi connectivity index (χ2v) is 5.63. The van der Waals surface area contributed by atoms with Crippen LogP contribution < -0.4 is 0 Å². The highest BCUT2D eigenvalue weighted by Crippen LogP contribution is 2.31. The molecule has 1 fully saturated rings. The van der Waals surface area contributed by atoms with Gasteiger partial charge in [0, 0.05) is 6.42 Å². The number of aliphatic hydroxyl groups excluding tert-OH is 2. The molecule has 0 radical (unpaired) electrons. The zero-order chi connectivity index (χ0) is 13.7. The quantitative estimate of drug-likeness (QED) is 0.794. The van der Waals surface area contributed by atoms with Crippen molar-refractivity contribution in [1.82, 2.24) is 0 Å². The molecule has 2 rings (SSSR count). The van der Waals surface area contributed by atoms with Crippen molar-refractivity contribution in [3.05, 3.63) is 48.0 Å². The van der Waals surface area contributed by atoms with Crippen LogP contribution >= 0.6 is 0 Å². The minimum Gasteiger partial charge on any atom is -0.388 e. The van der Waals surface area contributed by atoms with Crippen molar-refractivity contribution < 1.29 is 10.2 Å². The van der Waals surface area contributed by atoms with Gasteiger partial charge in [0.15, 0.2) is 0 Å². The summed E-state index contributed by atoms with van der Waals surface area (Å²) in [5, 5.41) is 20.5. The van der Waals surface area contributed by atoms with Crippen molar-refractivity contribution in [2.75, 3.05) is 0 Å². The Labute approximate surface area is 115 Å². The fourth-order valence-electron chi connectivity index (χ4n) is 2.95. The van der Waals surface area contributed by atoms with Crippen LogP contribution in [0.25, 0.3) is 0 Å². The third kappa shape index (κ3) is 3.92. The van der Waals surface area contributed by atoms with E-state index in [1.54, 1.807) is 0 Å². The highest BCUT2D eigenvalue weighted by molar-refractivity contribution is 5.20. The molecule has 1 aliphatic carbocycles. The molecule has 1 aliphatic rings. The van der Waals surface area contributed by atoms with Crippen molar-refractivity contribution in [2.45, 2.75) is 50.7 Å². The van der Waals surface area contributed by atoms with Gasteiger partial charge in [-0.3, -0.25) is 0 Å². The largest absolute Gasteiger partial charge is 0.388 e. The first-order chi connectivity index (χ1) is 9.18. The van der Waals surface area contributed by atoms with Crippen molar-refractivity contribution in [2.24, 2.45) is 5.92 Å². The average Bonchev–Trinajstić information content (AvgIpc) is 2.48. The zero-order valence-electron chi connectivity index (χ0n) is 11.5. The van der Waals surface area contributed by atoms with E-state index in [1.807, 2.05) is 30.3 Å². The minimum absolute atomic E-state index is 0.337. The SMILES string of the molecule is C=C(C[C@@H](O)c1ccccc1)[C@H](O)C1CCCCC1. The standard InChI is InChI=1S/C17H24O2/c1-13(17(19)15-10-6-3-7-11-15)12-16(18)14-8-4-2-5-9-14/h2,4-5,8-9,15-19H,1,3,6-7,10-12H2/t16-,17+/m1/s1. The Morgan fingerprint density at radius 1 is 1.11 bits per heavy atom. The lowest BCUT2D eigenvalue weighted by molar-refractivity contribution is 0.0991. The first-order valence-electron chi connectivity index (χ1n) is 7.27. The topological polar surface area (TPSA) is 40.5 Å². The van der Waals surface area contributed by atoms with Gasteiger partial charge in [-0.25, -0.2) is 0 Å². The lowest BCUT2D eigenvalue weighted by Crippen LogP contribution is -2.25. The molecule has 2 heteroatoms. The molecule has 0 saturated heterocycles. The van der Waals surface area contributed by atoms with Crippen molar-refractivity contribution >= 4 is 0 Å². The molecule has 1 aromatic rings. The molecule has 0 amide bonds. The van der Waals surface area contributed by atoms with E-state index in [0.717, 1.165) is 24.0 Å². The molecule has 0 bridgehead atoms. The van der Waals surface area contributed by atoms with Gasteiger partial charge in [0.1, 0.15) is 0 Å². The fourth-order valence-corrected chi connectivity index (χ4v) is 2.95. The maximum atomic E-state index is 10.3. The molecule has 0 heterocycles. The smallest absolute Gasteiger partial charge is 0.0828 e. The molecule has 1 aromatic carbocycles. The van der Waals surface area contributed by atoms with E-state index in [-0.39, 0.29) is 0 Å². The van der Waals surface area contributed by atoms with Crippen LogP contribution in [0.2, 0.25) is 0 Å². The Balaban J connectivity index is 1.89. The maximum absolute atomic E-state index is 10.3. The van der Waals surface area contributed by atoms with E-state index in [2.05, 4.69) is 6.58 Å². The summed E-state index contributed by atoms with van der Waals surface area (Å²) in [6, 6.07) is 9.58. The van der Waals surface area contributed by atoms with E-state index < -0.39 is 12.2 Å². The molecular weight excluding hydrogens is 236 g/mol. The van der Waals surface area contributed by atoms with Crippen molar-refractivity contribution in [1.29, 1.82) is 0 Å². The van der Waals surface area contributed by atoms with Gasteiger partial charge in [0.05, 0.1) is 12.2 Å². The Hall–Kier alpha value is -1.12. The third-order valence-corrected chi connectivity index (χ3v) is 4.15. The van der Waals surface area contributed by atoms with Gasteiger partial charge in [-0.15, -0.1) is 0 Å². The highest BCUT2D eigenvalue weighted by atomic mass is 16.3. The number of aliphatic hydroxyl groups is 2. The molecule has 104 valence electrons. The second kappa shape index (κ2) is 6.88. The summed E-state index contributed by atoms with van der Waals surface area (Å²) in [4.78, 5) is 0. The molecule has 1 saturated carbocycles. The van der Waals surface area contributed by atoms with Gasteiger partial charge in [-0.05, 0) is 29.9 Å². The summed E-state index contributed by atoms with van der Waals surface area (Å²) in [6.45, 7) is 3.99. The second-order valence-electron chi connectivity index (χ2n) is 5.63. The Bertz CT molecular complexity index is 393. The summed E-state index contributed by atoms with van der Waals surface area (Å²) >= 11 is 0. The predicted octanol–water partition coefficient (Wildman–Crippen LogP) is 3.61. The van der Waals surface area contributed by atoms with E-state index in [0.29, 0.717) is 12.3 Å². The number of hydrogen-bond acceptors (Lipinski definition) is 2. The molecule has 2 nitrogen and oxygen atoms in total. The molecule has 19 heavy (non-hydrogen) atoms. The van der Waals surface area contributed by atoms with Crippen LogP contribution in [0, 0.1) is 5.92 Å². The lowest BCUT2D eigenvalue weighted by Gasteiger charge is -2.28. The van der Waals surface area contributed by atoms with Gasteiger partial charge < -0.3 is 10.2 Å². The molecule has 0 aromatic heterocycles.